The van der Waals surface area contributed by atoms with Gasteiger partial charge in [0, 0.05) is 38.0 Å². The van der Waals surface area contributed by atoms with Crippen molar-refractivity contribution < 1.29 is 4.79 Å². The Kier molecular flexibility index (Phi) is 6.14. The van der Waals surface area contributed by atoms with Crippen molar-refractivity contribution in [2.24, 2.45) is 0 Å². The van der Waals surface area contributed by atoms with E-state index in [0.29, 0.717) is 12.6 Å². The molecule has 1 N–H and O–H groups in total. The predicted octanol–water partition coefficient (Wildman–Crippen LogP) is 2.09. The molecule has 0 radical (unpaired) electrons. The van der Waals surface area contributed by atoms with Gasteiger partial charge in [-0.1, -0.05) is 6.42 Å². The Bertz CT molecular complexity index is 456. The van der Waals surface area contributed by atoms with Crippen molar-refractivity contribution in [2.75, 3.05) is 31.6 Å². The molecule has 1 aromatic heterocycles. The number of likely N-dealkylation sites (N-methyl/N-ethyl adjacent to an activating group) is 1. The molecule has 5 nitrogen and oxygen atoms in total. The highest BCUT2D eigenvalue weighted by molar-refractivity contribution is 7.14. The topological polar surface area (TPSA) is 48.5 Å². The second kappa shape index (κ2) is 7.87. The maximum absolute atomic E-state index is 11.5. The molecule has 1 unspecified atom stereocenters. The number of nitrogens with zero attached hydrogens (tertiary/aromatic N) is 3. The summed E-state index contributed by atoms with van der Waals surface area (Å²) in [4.78, 5) is 20.2. The fraction of sp³-hybridized carbons (Fsp3) is 0.733. The molecule has 1 atom stereocenters. The van der Waals surface area contributed by atoms with E-state index in [4.69, 9.17) is 0 Å². The first-order valence-electron chi connectivity index (χ1n) is 7.74. The number of hydrogen-bond acceptors (Lipinski definition) is 5. The van der Waals surface area contributed by atoms with E-state index in [9.17, 15) is 4.79 Å². The third kappa shape index (κ3) is 4.76. The van der Waals surface area contributed by atoms with E-state index in [1.807, 2.05) is 6.92 Å². The maximum Gasteiger partial charge on any atom is 0.225 e. The van der Waals surface area contributed by atoms with E-state index < -0.39 is 0 Å². The molecule has 1 fully saturated rings. The van der Waals surface area contributed by atoms with Crippen molar-refractivity contribution >= 4 is 22.4 Å². The van der Waals surface area contributed by atoms with Crippen LogP contribution in [0.25, 0.3) is 0 Å². The summed E-state index contributed by atoms with van der Waals surface area (Å²) in [7, 11) is 2.14. The quantitative estimate of drug-likeness (QED) is 0.874. The number of hydrogen-bond donors (Lipinski definition) is 1. The van der Waals surface area contributed by atoms with Crippen LogP contribution in [0.3, 0.4) is 0 Å². The molecule has 1 amide bonds. The summed E-state index contributed by atoms with van der Waals surface area (Å²) < 4.78 is 0. The summed E-state index contributed by atoms with van der Waals surface area (Å²) in [5, 5.41) is 6.44. The van der Waals surface area contributed by atoms with Crippen molar-refractivity contribution in [3.05, 3.63) is 11.1 Å². The van der Waals surface area contributed by atoms with Crippen molar-refractivity contribution in [2.45, 2.75) is 45.7 Å². The molecule has 1 saturated heterocycles. The number of thiazole rings is 1. The molecular formula is C15H26N4OS. The lowest BCUT2D eigenvalue weighted by molar-refractivity contribution is -0.116. The van der Waals surface area contributed by atoms with Crippen molar-refractivity contribution in [3.63, 3.8) is 0 Å². The lowest BCUT2D eigenvalue weighted by Crippen LogP contribution is -2.42. The van der Waals surface area contributed by atoms with Crippen LogP contribution in [0.5, 0.6) is 0 Å². The van der Waals surface area contributed by atoms with Gasteiger partial charge in [0.1, 0.15) is 0 Å². The third-order valence-electron chi connectivity index (χ3n) is 3.84. The van der Waals surface area contributed by atoms with Gasteiger partial charge in [0.25, 0.3) is 0 Å². The number of rotatable bonds is 6. The van der Waals surface area contributed by atoms with Crippen LogP contribution in [0.15, 0.2) is 5.38 Å². The van der Waals surface area contributed by atoms with Crippen LogP contribution in [0.1, 0.15) is 38.8 Å². The van der Waals surface area contributed by atoms with Crippen LogP contribution in [0.2, 0.25) is 0 Å². The largest absolute Gasteiger partial charge is 0.313 e. The highest BCUT2D eigenvalue weighted by atomic mass is 32.1. The minimum Gasteiger partial charge on any atom is -0.313 e. The summed E-state index contributed by atoms with van der Waals surface area (Å²) in [5.74, 6) is 0.0539. The SMILES string of the molecule is CCN(C(C)=O)c1nc(CN(C)CC2CCCCN2)cs1. The molecule has 1 aromatic rings. The predicted molar refractivity (Wildman–Crippen MR) is 87.8 cm³/mol. The van der Waals surface area contributed by atoms with Crippen LogP contribution in [0.4, 0.5) is 5.13 Å². The Labute approximate surface area is 131 Å². The first kappa shape index (κ1) is 16.4. The summed E-state index contributed by atoms with van der Waals surface area (Å²) in [5.41, 5.74) is 1.05. The number of anilines is 1. The molecule has 0 aromatic carbocycles. The lowest BCUT2D eigenvalue weighted by atomic mass is 10.0. The molecule has 6 heteroatoms. The van der Waals surface area contributed by atoms with Crippen LogP contribution in [0, 0.1) is 0 Å². The Morgan fingerprint density at radius 1 is 1.52 bits per heavy atom. The monoisotopic (exact) mass is 310 g/mol. The first-order valence-corrected chi connectivity index (χ1v) is 8.62. The summed E-state index contributed by atoms with van der Waals surface area (Å²) in [6, 6.07) is 0.603. The average Bonchev–Trinajstić information content (AvgIpc) is 2.88. The minimum atomic E-state index is 0.0539. The number of piperidine rings is 1. The van der Waals surface area contributed by atoms with E-state index in [2.05, 4.69) is 27.6 Å². The molecule has 2 heterocycles. The first-order chi connectivity index (χ1) is 10.1. The van der Waals surface area contributed by atoms with Gasteiger partial charge >= 0.3 is 0 Å². The zero-order chi connectivity index (χ0) is 15.2. The van der Waals surface area contributed by atoms with E-state index in [-0.39, 0.29) is 5.91 Å². The highest BCUT2D eigenvalue weighted by Crippen LogP contribution is 2.21. The smallest absolute Gasteiger partial charge is 0.225 e. The summed E-state index contributed by atoms with van der Waals surface area (Å²) in [6.45, 7) is 7.27. The van der Waals surface area contributed by atoms with Crippen LogP contribution < -0.4 is 10.2 Å². The number of carbonyl (C=O) groups excluding carboxylic acids is 1. The molecule has 21 heavy (non-hydrogen) atoms. The van der Waals surface area contributed by atoms with Gasteiger partial charge in [0.05, 0.1) is 5.69 Å². The Balaban J connectivity index is 1.87. The molecule has 2 rings (SSSR count). The minimum absolute atomic E-state index is 0.0539. The van der Waals surface area contributed by atoms with Gasteiger partial charge in [-0.25, -0.2) is 4.98 Å². The number of nitrogens with one attached hydrogen (secondary N) is 1. The molecule has 0 saturated carbocycles. The van der Waals surface area contributed by atoms with Gasteiger partial charge in [-0.3, -0.25) is 14.6 Å². The zero-order valence-corrected chi connectivity index (χ0v) is 14.1. The van der Waals surface area contributed by atoms with E-state index in [0.717, 1.165) is 30.5 Å². The van der Waals surface area contributed by atoms with Gasteiger partial charge in [-0.05, 0) is 33.4 Å². The molecule has 118 valence electrons. The molecule has 1 aliphatic rings. The molecule has 1 aliphatic heterocycles. The second-order valence-corrected chi connectivity index (χ2v) is 6.56. The molecule has 0 bridgehead atoms. The second-order valence-electron chi connectivity index (χ2n) is 5.73. The van der Waals surface area contributed by atoms with Gasteiger partial charge in [0.15, 0.2) is 5.13 Å². The summed E-state index contributed by atoms with van der Waals surface area (Å²) >= 11 is 1.55. The average molecular weight is 310 g/mol. The Morgan fingerprint density at radius 2 is 2.33 bits per heavy atom. The number of amides is 1. The van der Waals surface area contributed by atoms with Gasteiger partial charge < -0.3 is 5.32 Å². The zero-order valence-electron chi connectivity index (χ0n) is 13.3. The van der Waals surface area contributed by atoms with E-state index >= 15 is 0 Å². The van der Waals surface area contributed by atoms with Crippen LogP contribution in [-0.4, -0.2) is 48.5 Å². The van der Waals surface area contributed by atoms with Gasteiger partial charge in [-0.15, -0.1) is 11.3 Å². The van der Waals surface area contributed by atoms with E-state index in [1.165, 1.54) is 19.3 Å². The Hall–Kier alpha value is -0.980. The van der Waals surface area contributed by atoms with Crippen molar-refractivity contribution in [1.82, 2.24) is 15.2 Å². The van der Waals surface area contributed by atoms with Gasteiger partial charge in [0.2, 0.25) is 5.91 Å². The third-order valence-corrected chi connectivity index (χ3v) is 4.76. The normalized spacial score (nSPS) is 19.0. The molecular weight excluding hydrogens is 284 g/mol. The number of aromatic nitrogens is 1. The summed E-state index contributed by atoms with van der Waals surface area (Å²) in [6.07, 6.45) is 3.89. The Morgan fingerprint density at radius 3 is 2.95 bits per heavy atom. The lowest BCUT2D eigenvalue weighted by Gasteiger charge is -2.27. The molecule has 0 spiro atoms. The van der Waals surface area contributed by atoms with Crippen LogP contribution >= 0.6 is 11.3 Å². The standard InChI is InChI=1S/C15H26N4OS/c1-4-19(12(2)20)15-17-14(11-21-15)10-18(3)9-13-7-5-6-8-16-13/h11,13,16H,4-10H2,1-3H3. The number of carbonyl (C=O) groups is 1. The maximum atomic E-state index is 11.5. The van der Waals surface area contributed by atoms with Crippen molar-refractivity contribution in [3.8, 4) is 0 Å². The highest BCUT2D eigenvalue weighted by Gasteiger charge is 2.17. The van der Waals surface area contributed by atoms with Crippen molar-refractivity contribution in [1.29, 1.82) is 0 Å². The fourth-order valence-electron chi connectivity index (χ4n) is 2.78. The van der Waals surface area contributed by atoms with Gasteiger partial charge in [-0.2, -0.15) is 0 Å². The fourth-order valence-corrected chi connectivity index (χ4v) is 3.71. The van der Waals surface area contributed by atoms with Crippen LogP contribution in [-0.2, 0) is 11.3 Å². The van der Waals surface area contributed by atoms with E-state index in [1.54, 1.807) is 23.2 Å². The molecule has 0 aliphatic carbocycles.